The number of anilines is 1. The summed E-state index contributed by atoms with van der Waals surface area (Å²) in [6.07, 6.45) is 6.33. The highest BCUT2D eigenvalue weighted by Gasteiger charge is 2.51. The van der Waals surface area contributed by atoms with Gasteiger partial charge in [-0.05, 0) is 65.8 Å². The third-order valence-electron chi connectivity index (χ3n) is 12.1. The molecule has 1 saturated carbocycles. The van der Waals surface area contributed by atoms with Gasteiger partial charge >= 0.3 is 0 Å². The number of benzene rings is 5. The molecule has 2 aliphatic heterocycles. The molecule has 54 heavy (non-hydrogen) atoms. The lowest BCUT2D eigenvalue weighted by Gasteiger charge is -2.44. The molecule has 2 N–H and O–H groups in total. The average molecular weight is 712 g/mol. The molecule has 6 aromatic rings. The molecule has 7 heteroatoms. The minimum Gasteiger partial charge on any atom is -0.376 e. The van der Waals surface area contributed by atoms with E-state index in [-0.39, 0.29) is 41.8 Å². The van der Waals surface area contributed by atoms with Crippen molar-refractivity contribution in [1.82, 2.24) is 20.0 Å². The van der Waals surface area contributed by atoms with E-state index in [9.17, 15) is 9.59 Å². The molecule has 0 radical (unpaired) electrons. The highest BCUT2D eigenvalue weighted by Crippen LogP contribution is 2.53. The van der Waals surface area contributed by atoms with Crippen molar-refractivity contribution in [2.75, 3.05) is 11.9 Å². The minimum atomic E-state index is -0.767. The molecular formula is C47H45N5O2. The smallest absolute Gasteiger partial charge is 0.251 e. The number of amides is 2. The fraction of sp³-hybridized carbons (Fsp3) is 0.255. The first-order valence-electron chi connectivity index (χ1n) is 19.4. The van der Waals surface area contributed by atoms with Crippen LogP contribution in [0.2, 0.25) is 0 Å². The molecule has 0 spiro atoms. The number of rotatable bonds is 8. The second-order valence-corrected chi connectivity index (χ2v) is 15.0. The van der Waals surface area contributed by atoms with Gasteiger partial charge in [-0.1, -0.05) is 140 Å². The Labute approximate surface area is 317 Å². The number of nitrogens with one attached hydrogen (secondary N) is 2. The molecular weight excluding hydrogens is 667 g/mol. The summed E-state index contributed by atoms with van der Waals surface area (Å²) in [6.45, 7) is 0.659. The minimum absolute atomic E-state index is 0.0975. The van der Waals surface area contributed by atoms with Gasteiger partial charge < -0.3 is 15.5 Å². The summed E-state index contributed by atoms with van der Waals surface area (Å²) in [5, 5.41) is 12.5. The third kappa shape index (κ3) is 5.79. The van der Waals surface area contributed by atoms with E-state index in [2.05, 4.69) is 142 Å². The number of nitrogens with zero attached hydrogens (tertiary/aromatic N) is 3. The maximum Gasteiger partial charge on any atom is 0.251 e. The molecule has 7 nitrogen and oxygen atoms in total. The predicted octanol–water partition coefficient (Wildman–Crippen LogP) is 8.77. The van der Waals surface area contributed by atoms with Crippen LogP contribution < -0.4 is 10.6 Å². The first-order chi connectivity index (χ1) is 26.6. The summed E-state index contributed by atoms with van der Waals surface area (Å²) < 4.78 is 2.23. The van der Waals surface area contributed by atoms with Gasteiger partial charge in [0.05, 0.1) is 23.7 Å². The molecule has 1 aromatic heterocycles. The Hall–Kier alpha value is -5.95. The number of carbonyl (C=O) groups excluding carboxylic acids is 2. The maximum absolute atomic E-state index is 14.9. The van der Waals surface area contributed by atoms with Gasteiger partial charge in [0.2, 0.25) is 5.91 Å². The quantitative estimate of drug-likeness (QED) is 0.155. The molecule has 5 aromatic carbocycles. The van der Waals surface area contributed by atoms with Crippen molar-refractivity contribution >= 4 is 17.5 Å². The van der Waals surface area contributed by atoms with Gasteiger partial charge in [-0.2, -0.15) is 5.10 Å². The number of fused-ring (bicyclic) bond motifs is 3. The molecule has 0 unspecified atom stereocenters. The second kappa shape index (κ2) is 14.5. The topological polar surface area (TPSA) is 79.3 Å². The van der Waals surface area contributed by atoms with Crippen LogP contribution in [0.3, 0.4) is 0 Å². The molecule has 270 valence electrons. The fourth-order valence-corrected chi connectivity index (χ4v) is 9.65. The first kappa shape index (κ1) is 33.9. The van der Waals surface area contributed by atoms with Crippen molar-refractivity contribution in [2.45, 2.75) is 55.8 Å². The van der Waals surface area contributed by atoms with Crippen LogP contribution in [0.1, 0.15) is 82.5 Å². The van der Waals surface area contributed by atoms with E-state index < -0.39 is 5.54 Å². The van der Waals surface area contributed by atoms with Gasteiger partial charge in [0.1, 0.15) is 5.54 Å². The van der Waals surface area contributed by atoms with Crippen molar-refractivity contribution in [3.63, 3.8) is 0 Å². The predicted molar refractivity (Wildman–Crippen MR) is 212 cm³/mol. The van der Waals surface area contributed by atoms with Crippen LogP contribution in [0.4, 0.5) is 5.69 Å². The van der Waals surface area contributed by atoms with Gasteiger partial charge in [-0.15, -0.1) is 0 Å². The average Bonchev–Trinajstić information content (AvgIpc) is 3.92. The van der Waals surface area contributed by atoms with E-state index in [0.717, 1.165) is 65.7 Å². The summed E-state index contributed by atoms with van der Waals surface area (Å²) in [6, 6.07) is 51.5. The number of para-hydroxylation sites is 1. The number of hydrogen-bond acceptors (Lipinski definition) is 4. The molecule has 1 aliphatic carbocycles. The highest BCUT2D eigenvalue weighted by molar-refractivity contribution is 5.95. The normalized spacial score (nSPS) is 22.1. The Kier molecular flexibility index (Phi) is 9.07. The van der Waals surface area contributed by atoms with Crippen LogP contribution in [-0.4, -0.2) is 39.1 Å². The zero-order valence-electron chi connectivity index (χ0n) is 30.3. The van der Waals surface area contributed by atoms with Crippen LogP contribution in [0.25, 0.3) is 0 Å². The van der Waals surface area contributed by atoms with Gasteiger partial charge in [-0.3, -0.25) is 9.59 Å². The lowest BCUT2D eigenvalue weighted by atomic mass is 9.76. The molecule has 3 aliphatic rings. The van der Waals surface area contributed by atoms with Crippen molar-refractivity contribution in [3.05, 3.63) is 191 Å². The SMILES string of the molecule is O=C(N[C@@H]1CCCC[C@@H]1C(=O)N1CC[C@@H]2[C@H](c3ccnn3C(c3ccccc3)(c3ccccc3)c3ccccc3)Nc3ccccc3[C@@H]21)c1ccccc1. The standard InChI is InChI=1S/C47H45N5O2/c53-45(33-17-5-1-6-18-33)50-41-28-16-14-26-38(41)46(54)51-32-30-39-43(49-40-27-15-13-25-37(40)44(39)51)42-29-31-48-52(42)47(34-19-7-2-8-20-34,35-21-9-3-10-22-35)36-23-11-4-12-24-36/h1-13,15,17-25,27,29,31,38-39,41,43-44,49H,14,16,26,28,30,32H2,(H,50,53)/t38-,39+,41+,43+,44-/m0/s1. The summed E-state index contributed by atoms with van der Waals surface area (Å²) in [7, 11) is 0. The molecule has 2 amide bonds. The van der Waals surface area contributed by atoms with Crippen LogP contribution in [0, 0.1) is 11.8 Å². The van der Waals surface area contributed by atoms with Crippen molar-refractivity contribution in [3.8, 4) is 0 Å². The number of likely N-dealkylation sites (tertiary alicyclic amines) is 1. The summed E-state index contributed by atoms with van der Waals surface area (Å²) in [5.74, 6) is -0.131. The van der Waals surface area contributed by atoms with Gasteiger partial charge in [-0.25, -0.2) is 4.68 Å². The van der Waals surface area contributed by atoms with Gasteiger partial charge in [0.15, 0.2) is 0 Å². The van der Waals surface area contributed by atoms with E-state index in [0.29, 0.717) is 12.1 Å². The van der Waals surface area contributed by atoms with E-state index in [1.165, 1.54) is 0 Å². The van der Waals surface area contributed by atoms with Crippen LogP contribution >= 0.6 is 0 Å². The summed E-state index contributed by atoms with van der Waals surface area (Å²) in [4.78, 5) is 30.4. The molecule has 2 fully saturated rings. The lowest BCUT2D eigenvalue weighted by Crippen LogP contribution is -2.50. The van der Waals surface area contributed by atoms with Gasteiger partial charge in [0, 0.05) is 36.0 Å². The number of aromatic nitrogens is 2. The number of hydrogen-bond donors (Lipinski definition) is 2. The molecule has 0 bridgehead atoms. The molecule has 9 rings (SSSR count). The maximum atomic E-state index is 14.9. The van der Waals surface area contributed by atoms with Crippen LogP contribution in [0.15, 0.2) is 158 Å². The first-order valence-corrected chi connectivity index (χ1v) is 19.4. The Morgan fingerprint density at radius 1 is 0.667 bits per heavy atom. The van der Waals surface area contributed by atoms with Gasteiger partial charge in [0.25, 0.3) is 5.91 Å². The number of carbonyl (C=O) groups is 2. The summed E-state index contributed by atoms with van der Waals surface area (Å²) in [5.41, 5.74) is 6.46. The zero-order valence-corrected chi connectivity index (χ0v) is 30.3. The Morgan fingerprint density at radius 2 is 1.24 bits per heavy atom. The lowest BCUT2D eigenvalue weighted by molar-refractivity contribution is -0.138. The highest BCUT2D eigenvalue weighted by atomic mass is 16.2. The molecule has 5 atom stereocenters. The van der Waals surface area contributed by atoms with Crippen LogP contribution in [0.5, 0.6) is 0 Å². The van der Waals surface area contributed by atoms with Crippen molar-refractivity contribution in [1.29, 1.82) is 0 Å². The van der Waals surface area contributed by atoms with E-state index in [1.807, 2.05) is 36.5 Å². The molecule has 3 heterocycles. The largest absolute Gasteiger partial charge is 0.376 e. The Balaban J connectivity index is 1.12. The van der Waals surface area contributed by atoms with Crippen LogP contribution in [-0.2, 0) is 10.3 Å². The third-order valence-corrected chi connectivity index (χ3v) is 12.1. The van der Waals surface area contributed by atoms with E-state index in [1.54, 1.807) is 0 Å². The molecule has 1 saturated heterocycles. The van der Waals surface area contributed by atoms with E-state index >= 15 is 0 Å². The summed E-state index contributed by atoms with van der Waals surface area (Å²) >= 11 is 0. The van der Waals surface area contributed by atoms with E-state index in [4.69, 9.17) is 5.10 Å². The van der Waals surface area contributed by atoms with Crippen molar-refractivity contribution in [2.24, 2.45) is 11.8 Å². The monoisotopic (exact) mass is 711 g/mol. The Bertz CT molecular complexity index is 2130. The van der Waals surface area contributed by atoms with Crippen molar-refractivity contribution < 1.29 is 9.59 Å². The Morgan fingerprint density at radius 3 is 1.89 bits per heavy atom. The zero-order chi connectivity index (χ0) is 36.5. The second-order valence-electron chi connectivity index (χ2n) is 15.0. The fourth-order valence-electron chi connectivity index (χ4n) is 9.65.